The van der Waals surface area contributed by atoms with Crippen LogP contribution < -0.4 is 5.32 Å². The first kappa shape index (κ1) is 22.7. The Kier molecular flexibility index (Phi) is 18.6. The third-order valence-corrected chi connectivity index (χ3v) is 4.06. The molecule has 0 rings (SSSR count). The van der Waals surface area contributed by atoms with Crippen molar-refractivity contribution in [3.63, 3.8) is 0 Å². The number of hydrogen-bond donors (Lipinski definition) is 1. The minimum atomic E-state index is -0.350. The first-order valence-electron chi connectivity index (χ1n) is 9.67. The zero-order chi connectivity index (χ0) is 17.7. The minimum Gasteiger partial charge on any atom is -0.445 e. The van der Waals surface area contributed by atoms with Crippen molar-refractivity contribution in [3.8, 4) is 0 Å². The van der Waals surface area contributed by atoms with Crippen molar-refractivity contribution in [1.82, 2.24) is 5.32 Å². The zero-order valence-electron chi connectivity index (χ0n) is 15.3. The second-order valence-corrected chi connectivity index (χ2v) is 6.30. The van der Waals surface area contributed by atoms with Crippen molar-refractivity contribution < 1.29 is 14.3 Å². The molecule has 1 N–H and O–H groups in total. The molecular formula is C20H36NO3. The molecule has 0 aromatic heterocycles. The number of amides is 1. The van der Waals surface area contributed by atoms with Crippen LogP contribution in [-0.4, -0.2) is 25.5 Å². The fourth-order valence-electron chi connectivity index (χ4n) is 2.64. The third-order valence-electron chi connectivity index (χ3n) is 4.06. The van der Waals surface area contributed by atoms with E-state index in [0.717, 1.165) is 12.8 Å². The smallest absolute Gasteiger partial charge is 0.407 e. The normalized spacial score (nSPS) is 10.3. The van der Waals surface area contributed by atoms with Crippen molar-refractivity contribution in [1.29, 1.82) is 0 Å². The molecule has 0 aliphatic heterocycles. The van der Waals surface area contributed by atoms with Crippen molar-refractivity contribution in [2.24, 2.45) is 0 Å². The molecule has 24 heavy (non-hydrogen) atoms. The maximum absolute atomic E-state index is 11.2. The Morgan fingerprint density at radius 1 is 0.833 bits per heavy atom. The average Bonchev–Trinajstić information content (AvgIpc) is 2.59. The molecule has 0 atom stereocenters. The molecule has 1 amide bonds. The molecule has 0 aliphatic rings. The predicted molar refractivity (Wildman–Crippen MR) is 99.9 cm³/mol. The van der Waals surface area contributed by atoms with Crippen LogP contribution in [0.1, 0.15) is 89.9 Å². The highest BCUT2D eigenvalue weighted by Crippen LogP contribution is 2.12. The lowest BCUT2D eigenvalue weighted by Crippen LogP contribution is -2.25. The second-order valence-electron chi connectivity index (χ2n) is 6.30. The summed E-state index contributed by atoms with van der Waals surface area (Å²) >= 11 is 0. The molecular weight excluding hydrogens is 302 g/mol. The van der Waals surface area contributed by atoms with Gasteiger partial charge >= 0.3 is 6.09 Å². The Hall–Kier alpha value is -1.32. The number of carbonyl (C=O) groups excluding carboxylic acids is 2. The summed E-state index contributed by atoms with van der Waals surface area (Å²) in [6, 6.07) is 0. The van der Waals surface area contributed by atoms with Crippen molar-refractivity contribution in [2.45, 2.75) is 89.9 Å². The summed E-state index contributed by atoms with van der Waals surface area (Å²) in [5.41, 5.74) is 0. The summed E-state index contributed by atoms with van der Waals surface area (Å²) in [6.07, 6.45) is 19.9. The highest BCUT2D eigenvalue weighted by Gasteiger charge is 1.98. The van der Waals surface area contributed by atoms with Crippen LogP contribution in [0.4, 0.5) is 4.79 Å². The Balaban J connectivity index is 3.06. The van der Waals surface area contributed by atoms with Crippen LogP contribution in [0.25, 0.3) is 0 Å². The lowest BCUT2D eigenvalue weighted by molar-refractivity contribution is 0.158. The summed E-state index contributed by atoms with van der Waals surface area (Å²) in [5, 5.41) is 2.74. The molecule has 4 nitrogen and oxygen atoms in total. The standard InChI is InChI=1S/C20H36NO3/c1-2-19-24-20(23)21-17-15-13-11-9-7-5-3-4-6-8-10-12-14-16-18-22/h2H,1,3-17,19H2,(H,21,23). The van der Waals surface area contributed by atoms with Gasteiger partial charge in [0.2, 0.25) is 0 Å². The van der Waals surface area contributed by atoms with E-state index < -0.39 is 0 Å². The number of nitrogens with one attached hydrogen (secondary N) is 1. The molecule has 0 spiro atoms. The van der Waals surface area contributed by atoms with Gasteiger partial charge in [0, 0.05) is 13.0 Å². The quantitative estimate of drug-likeness (QED) is 0.266. The molecule has 4 heteroatoms. The molecule has 0 fully saturated rings. The number of rotatable bonds is 18. The maximum atomic E-state index is 11.2. The van der Waals surface area contributed by atoms with Crippen molar-refractivity contribution >= 4 is 12.4 Å². The monoisotopic (exact) mass is 338 g/mol. The number of carbonyl (C=O) groups is 1. The number of unbranched alkanes of at least 4 members (excludes halogenated alkanes) is 13. The molecule has 0 unspecified atom stereocenters. The van der Waals surface area contributed by atoms with E-state index in [0.29, 0.717) is 13.0 Å². The fraction of sp³-hybridized carbons (Fsp3) is 0.800. The van der Waals surface area contributed by atoms with Crippen LogP contribution >= 0.6 is 0 Å². The first-order chi connectivity index (χ1) is 11.8. The average molecular weight is 339 g/mol. The molecule has 0 saturated carbocycles. The molecule has 0 aromatic carbocycles. The van der Waals surface area contributed by atoms with Gasteiger partial charge in [-0.3, -0.25) is 4.79 Å². The van der Waals surface area contributed by atoms with E-state index in [1.807, 2.05) is 6.29 Å². The van der Waals surface area contributed by atoms with Gasteiger partial charge in [-0.15, -0.1) is 0 Å². The van der Waals surface area contributed by atoms with Gasteiger partial charge in [-0.2, -0.15) is 0 Å². The molecule has 0 aliphatic carbocycles. The van der Waals surface area contributed by atoms with E-state index in [2.05, 4.69) is 11.9 Å². The van der Waals surface area contributed by atoms with Gasteiger partial charge < -0.3 is 10.1 Å². The highest BCUT2D eigenvalue weighted by molar-refractivity contribution is 5.67. The number of alkyl carbamates (subject to hydrolysis) is 1. The van der Waals surface area contributed by atoms with Crippen molar-refractivity contribution in [2.75, 3.05) is 13.2 Å². The minimum absolute atomic E-state index is 0.269. The van der Waals surface area contributed by atoms with Crippen LogP contribution in [0, 0.1) is 0 Å². The van der Waals surface area contributed by atoms with Gasteiger partial charge in [0.05, 0.1) is 0 Å². The second kappa shape index (κ2) is 19.7. The van der Waals surface area contributed by atoms with Crippen molar-refractivity contribution in [3.05, 3.63) is 12.7 Å². The van der Waals surface area contributed by atoms with Gasteiger partial charge in [0.15, 0.2) is 6.29 Å². The van der Waals surface area contributed by atoms with Crippen LogP contribution in [0.15, 0.2) is 12.7 Å². The molecule has 139 valence electrons. The third kappa shape index (κ3) is 18.7. The van der Waals surface area contributed by atoms with E-state index in [4.69, 9.17) is 4.74 Å². The summed E-state index contributed by atoms with van der Waals surface area (Å²) in [5.74, 6) is 0. The van der Waals surface area contributed by atoms with E-state index in [-0.39, 0.29) is 12.7 Å². The van der Waals surface area contributed by atoms with E-state index in [1.165, 1.54) is 70.6 Å². The predicted octanol–water partition coefficient (Wildman–Crippen LogP) is 5.47. The Bertz CT molecular complexity index is 305. The van der Waals surface area contributed by atoms with Gasteiger partial charge in [-0.25, -0.2) is 4.79 Å². The van der Waals surface area contributed by atoms with E-state index in [1.54, 1.807) is 6.08 Å². The van der Waals surface area contributed by atoms with E-state index >= 15 is 0 Å². The summed E-state index contributed by atoms with van der Waals surface area (Å²) < 4.78 is 4.83. The van der Waals surface area contributed by atoms with Crippen LogP contribution in [0.3, 0.4) is 0 Å². The summed E-state index contributed by atoms with van der Waals surface area (Å²) in [4.78, 5) is 21.2. The summed E-state index contributed by atoms with van der Waals surface area (Å²) in [6.45, 7) is 4.46. The molecule has 1 radical (unpaired) electrons. The van der Waals surface area contributed by atoms with Gasteiger partial charge in [0.1, 0.15) is 6.61 Å². The Morgan fingerprint density at radius 3 is 1.75 bits per heavy atom. The van der Waals surface area contributed by atoms with Crippen LogP contribution in [-0.2, 0) is 9.53 Å². The topological polar surface area (TPSA) is 55.4 Å². The summed E-state index contributed by atoms with van der Waals surface area (Å²) in [7, 11) is 0. The fourth-order valence-corrected chi connectivity index (χ4v) is 2.64. The number of ether oxygens (including phenoxy) is 1. The molecule has 0 heterocycles. The van der Waals surface area contributed by atoms with Gasteiger partial charge in [-0.1, -0.05) is 83.3 Å². The SMILES string of the molecule is C=CCOC(=O)NCCCCCCCCCCCCCCC[C]=O. The maximum Gasteiger partial charge on any atom is 0.407 e. The molecule has 0 aromatic rings. The lowest BCUT2D eigenvalue weighted by Gasteiger charge is -2.05. The zero-order valence-corrected chi connectivity index (χ0v) is 15.3. The number of hydrogen-bond acceptors (Lipinski definition) is 3. The Labute approximate surface area is 148 Å². The van der Waals surface area contributed by atoms with Gasteiger partial charge in [-0.05, 0) is 12.8 Å². The first-order valence-corrected chi connectivity index (χ1v) is 9.67. The van der Waals surface area contributed by atoms with Crippen LogP contribution in [0.2, 0.25) is 0 Å². The van der Waals surface area contributed by atoms with Gasteiger partial charge in [0.25, 0.3) is 0 Å². The van der Waals surface area contributed by atoms with E-state index in [9.17, 15) is 9.59 Å². The Morgan fingerprint density at radius 2 is 1.29 bits per heavy atom. The lowest BCUT2D eigenvalue weighted by atomic mass is 10.0. The molecule has 0 saturated heterocycles. The largest absolute Gasteiger partial charge is 0.445 e. The highest BCUT2D eigenvalue weighted by atomic mass is 16.5. The molecule has 0 bridgehead atoms. The van der Waals surface area contributed by atoms with Crippen LogP contribution in [0.5, 0.6) is 0 Å².